The Balaban J connectivity index is 2.66. The first-order valence-electron chi connectivity index (χ1n) is 4.08. The Kier molecular flexibility index (Phi) is 2.03. The number of nitrogens with zero attached hydrogens (tertiary/aromatic N) is 1. The normalized spacial score (nSPS) is 10.5. The van der Waals surface area contributed by atoms with Crippen molar-refractivity contribution in [2.45, 2.75) is 0 Å². The Morgan fingerprint density at radius 3 is 2.67 bits per heavy atom. The second-order valence-electron chi connectivity index (χ2n) is 2.96. The molecular weight excluding hydrogens is 204 g/mol. The van der Waals surface area contributed by atoms with Crippen molar-refractivity contribution in [1.29, 1.82) is 0 Å². The van der Waals surface area contributed by atoms with Gasteiger partial charge in [0, 0.05) is 6.07 Å². The van der Waals surface area contributed by atoms with Crippen molar-refractivity contribution in [3.63, 3.8) is 0 Å². The van der Waals surface area contributed by atoms with Gasteiger partial charge in [0.2, 0.25) is 0 Å². The lowest BCUT2D eigenvalue weighted by Crippen LogP contribution is -1.90. The third-order valence-corrected chi connectivity index (χ3v) is 1.94. The molecule has 0 saturated heterocycles. The molecule has 2 rings (SSSR count). The predicted molar refractivity (Wildman–Crippen MR) is 50.0 cm³/mol. The van der Waals surface area contributed by atoms with Crippen LogP contribution in [0.25, 0.3) is 11.3 Å². The number of aromatic nitrogens is 2. The molecule has 0 bridgehead atoms. The highest BCUT2D eigenvalue weighted by molar-refractivity contribution is 5.65. The van der Waals surface area contributed by atoms with E-state index >= 15 is 0 Å². The Labute approximate surface area is 83.4 Å². The number of phenolic OH excluding ortho intramolecular Hbond substituents is 1. The lowest BCUT2D eigenvalue weighted by Gasteiger charge is -2.03. The molecule has 0 aliphatic heterocycles. The van der Waals surface area contributed by atoms with Gasteiger partial charge in [0.15, 0.2) is 11.6 Å². The number of rotatable bonds is 1. The molecule has 0 fully saturated rings. The molecule has 78 valence electrons. The minimum Gasteiger partial charge on any atom is -0.505 e. The molecule has 0 atom stereocenters. The number of H-pyrrole nitrogens is 1. The summed E-state index contributed by atoms with van der Waals surface area (Å²) in [6.45, 7) is 0. The van der Waals surface area contributed by atoms with Crippen LogP contribution in [0.5, 0.6) is 5.75 Å². The number of phenols is 1. The van der Waals surface area contributed by atoms with Crippen LogP contribution in [0, 0.1) is 11.6 Å². The average Bonchev–Trinajstić information content (AvgIpc) is 2.59. The molecule has 0 unspecified atom stereocenters. The van der Waals surface area contributed by atoms with Crippen LogP contribution in [0.15, 0.2) is 18.2 Å². The third-order valence-electron chi connectivity index (χ3n) is 1.94. The number of hydrogen-bond acceptors (Lipinski definition) is 3. The van der Waals surface area contributed by atoms with Gasteiger partial charge in [0.25, 0.3) is 0 Å². The minimum atomic E-state index is -1.04. The molecule has 4 nitrogen and oxygen atoms in total. The SMILES string of the molecule is Nc1cc(-c2c(F)ccc(O)c2F)[nH]n1. The number of aromatic hydroxyl groups is 1. The molecular formula is C9H7F2N3O. The highest BCUT2D eigenvalue weighted by Crippen LogP contribution is 2.30. The van der Waals surface area contributed by atoms with Crippen LogP contribution in [0.1, 0.15) is 0 Å². The van der Waals surface area contributed by atoms with Gasteiger partial charge in [-0.2, -0.15) is 5.10 Å². The van der Waals surface area contributed by atoms with E-state index in [1.54, 1.807) is 0 Å². The van der Waals surface area contributed by atoms with Crippen molar-refractivity contribution in [3.8, 4) is 17.0 Å². The fourth-order valence-electron chi connectivity index (χ4n) is 1.25. The van der Waals surface area contributed by atoms with Gasteiger partial charge in [0.05, 0.1) is 11.3 Å². The molecule has 1 aromatic carbocycles. The molecule has 0 radical (unpaired) electrons. The maximum Gasteiger partial charge on any atom is 0.177 e. The van der Waals surface area contributed by atoms with Gasteiger partial charge in [0.1, 0.15) is 11.6 Å². The summed E-state index contributed by atoms with van der Waals surface area (Å²) in [6.07, 6.45) is 0. The molecule has 1 aromatic heterocycles. The first kappa shape index (κ1) is 9.45. The summed E-state index contributed by atoms with van der Waals surface area (Å²) in [6, 6.07) is 3.18. The van der Waals surface area contributed by atoms with E-state index in [-0.39, 0.29) is 17.1 Å². The van der Waals surface area contributed by atoms with Crippen LogP contribution in [0.4, 0.5) is 14.6 Å². The van der Waals surface area contributed by atoms with Crippen molar-refractivity contribution in [1.82, 2.24) is 10.2 Å². The molecule has 6 heteroatoms. The van der Waals surface area contributed by atoms with Crippen molar-refractivity contribution < 1.29 is 13.9 Å². The number of nitrogens with two attached hydrogens (primary N) is 1. The Hall–Kier alpha value is -2.11. The number of aromatic amines is 1. The Bertz CT molecular complexity index is 510. The zero-order valence-electron chi connectivity index (χ0n) is 7.46. The lowest BCUT2D eigenvalue weighted by molar-refractivity contribution is 0.429. The summed E-state index contributed by atoms with van der Waals surface area (Å²) < 4.78 is 26.7. The quantitative estimate of drug-likeness (QED) is 0.671. The Morgan fingerprint density at radius 1 is 1.33 bits per heavy atom. The average molecular weight is 211 g/mol. The monoisotopic (exact) mass is 211 g/mol. The number of halogens is 2. The highest BCUT2D eigenvalue weighted by atomic mass is 19.1. The second-order valence-corrected chi connectivity index (χ2v) is 2.96. The molecule has 0 spiro atoms. The van der Waals surface area contributed by atoms with E-state index in [1.807, 2.05) is 0 Å². The highest BCUT2D eigenvalue weighted by Gasteiger charge is 2.16. The Morgan fingerprint density at radius 2 is 2.07 bits per heavy atom. The van der Waals surface area contributed by atoms with Crippen LogP contribution in [0.2, 0.25) is 0 Å². The standard InChI is InChI=1S/C9H7F2N3O/c10-4-1-2-6(15)9(11)8(4)5-3-7(12)14-13-5/h1-3,15H,(H3,12,13,14). The van der Waals surface area contributed by atoms with E-state index in [4.69, 9.17) is 10.8 Å². The topological polar surface area (TPSA) is 74.9 Å². The van der Waals surface area contributed by atoms with Crippen LogP contribution < -0.4 is 5.73 Å². The van der Waals surface area contributed by atoms with Crippen LogP contribution >= 0.6 is 0 Å². The number of anilines is 1. The van der Waals surface area contributed by atoms with Crippen molar-refractivity contribution in [3.05, 3.63) is 29.8 Å². The van der Waals surface area contributed by atoms with Gasteiger partial charge >= 0.3 is 0 Å². The molecule has 0 saturated carbocycles. The van der Waals surface area contributed by atoms with E-state index < -0.39 is 17.4 Å². The summed E-state index contributed by atoms with van der Waals surface area (Å²) >= 11 is 0. The fraction of sp³-hybridized carbons (Fsp3) is 0. The van der Waals surface area contributed by atoms with Gasteiger partial charge in [-0.25, -0.2) is 8.78 Å². The maximum absolute atomic E-state index is 13.4. The maximum atomic E-state index is 13.4. The van der Waals surface area contributed by atoms with E-state index in [0.717, 1.165) is 12.1 Å². The predicted octanol–water partition coefficient (Wildman–Crippen LogP) is 1.64. The van der Waals surface area contributed by atoms with Gasteiger partial charge in [-0.1, -0.05) is 0 Å². The molecule has 1 heterocycles. The molecule has 0 aliphatic rings. The fourth-order valence-corrected chi connectivity index (χ4v) is 1.25. The summed E-state index contributed by atoms with van der Waals surface area (Å²) in [5.41, 5.74) is 5.01. The molecule has 15 heavy (non-hydrogen) atoms. The number of nitrogen functional groups attached to an aromatic ring is 1. The van der Waals surface area contributed by atoms with E-state index in [9.17, 15) is 8.78 Å². The second kappa shape index (κ2) is 3.23. The van der Waals surface area contributed by atoms with Gasteiger partial charge in [-0.3, -0.25) is 5.10 Å². The molecule has 0 aliphatic carbocycles. The molecule has 2 aromatic rings. The number of hydrogen-bond donors (Lipinski definition) is 3. The summed E-state index contributed by atoms with van der Waals surface area (Å²) in [5, 5.41) is 15.0. The zero-order chi connectivity index (χ0) is 11.0. The number of nitrogens with one attached hydrogen (secondary N) is 1. The molecule has 0 amide bonds. The van der Waals surface area contributed by atoms with E-state index in [1.165, 1.54) is 6.07 Å². The van der Waals surface area contributed by atoms with Gasteiger partial charge in [-0.15, -0.1) is 0 Å². The van der Waals surface area contributed by atoms with E-state index in [0.29, 0.717) is 0 Å². The first-order valence-corrected chi connectivity index (χ1v) is 4.08. The van der Waals surface area contributed by atoms with Crippen LogP contribution in [0.3, 0.4) is 0 Å². The first-order chi connectivity index (χ1) is 7.09. The summed E-state index contributed by atoms with van der Waals surface area (Å²) in [4.78, 5) is 0. The smallest absolute Gasteiger partial charge is 0.177 e. The molecule has 4 N–H and O–H groups in total. The van der Waals surface area contributed by atoms with E-state index in [2.05, 4.69) is 10.2 Å². The van der Waals surface area contributed by atoms with Crippen molar-refractivity contribution >= 4 is 5.82 Å². The van der Waals surface area contributed by atoms with Gasteiger partial charge in [-0.05, 0) is 12.1 Å². The third kappa shape index (κ3) is 1.50. The van der Waals surface area contributed by atoms with Crippen molar-refractivity contribution in [2.24, 2.45) is 0 Å². The zero-order valence-corrected chi connectivity index (χ0v) is 7.46. The van der Waals surface area contributed by atoms with Crippen LogP contribution in [-0.2, 0) is 0 Å². The minimum absolute atomic E-state index is 0.0819. The van der Waals surface area contributed by atoms with Gasteiger partial charge < -0.3 is 10.8 Å². The largest absolute Gasteiger partial charge is 0.505 e. The number of benzene rings is 1. The summed E-state index contributed by atoms with van der Waals surface area (Å²) in [5.74, 6) is -2.35. The van der Waals surface area contributed by atoms with Crippen molar-refractivity contribution in [2.75, 3.05) is 5.73 Å². The van der Waals surface area contributed by atoms with Crippen LogP contribution in [-0.4, -0.2) is 15.3 Å². The lowest BCUT2D eigenvalue weighted by atomic mass is 10.1. The summed E-state index contributed by atoms with van der Waals surface area (Å²) in [7, 11) is 0.